The average molecular weight is 312 g/mol. The van der Waals surface area contributed by atoms with Crippen molar-refractivity contribution >= 4 is 0 Å². The molecule has 22 heavy (non-hydrogen) atoms. The third kappa shape index (κ3) is 1.96. The number of hydrogen-bond acceptors (Lipinski definition) is 5. The topological polar surface area (TPSA) is 46.2 Å². The Bertz CT molecular complexity index is 443. The molecule has 1 spiro atoms. The highest BCUT2D eigenvalue weighted by atomic mass is 17.3. The van der Waals surface area contributed by atoms with E-state index >= 15 is 0 Å². The summed E-state index contributed by atoms with van der Waals surface area (Å²) >= 11 is 0. The molecule has 2 unspecified atom stereocenters. The zero-order valence-corrected chi connectivity index (χ0v) is 14.0. The van der Waals surface area contributed by atoms with Crippen molar-refractivity contribution in [2.75, 3.05) is 6.61 Å². The Balaban J connectivity index is 1.75. The summed E-state index contributed by atoms with van der Waals surface area (Å²) in [5.74, 6) is 0.957. The van der Waals surface area contributed by atoms with Gasteiger partial charge in [0.15, 0.2) is 18.2 Å². The first-order chi connectivity index (χ1) is 10.5. The first-order valence-corrected chi connectivity index (χ1v) is 8.82. The van der Waals surface area contributed by atoms with E-state index in [2.05, 4.69) is 13.8 Å². The van der Waals surface area contributed by atoms with E-state index in [-0.39, 0.29) is 18.5 Å². The molecular weight excluding hydrogens is 284 g/mol. The molecule has 5 heteroatoms. The van der Waals surface area contributed by atoms with E-state index in [0.29, 0.717) is 24.4 Å². The molecule has 8 atom stereocenters. The summed E-state index contributed by atoms with van der Waals surface area (Å²) in [6.45, 7) is 9.15. The highest BCUT2D eigenvalue weighted by Crippen LogP contribution is 2.60. The molecule has 0 N–H and O–H groups in total. The monoisotopic (exact) mass is 312 g/mol. The highest BCUT2D eigenvalue weighted by molar-refractivity contribution is 5.09. The molecule has 0 aromatic rings. The molecule has 4 saturated heterocycles. The Morgan fingerprint density at radius 3 is 2.68 bits per heavy atom. The number of rotatable bonds is 2. The summed E-state index contributed by atoms with van der Waals surface area (Å²) in [5.41, 5.74) is -0.472. The summed E-state index contributed by atoms with van der Waals surface area (Å²) in [4.78, 5) is 11.9. The molecule has 4 aliphatic heterocycles. The van der Waals surface area contributed by atoms with Gasteiger partial charge in [-0.2, -0.15) is 0 Å². The molecular formula is C17H28O5. The first-order valence-electron chi connectivity index (χ1n) is 8.82. The van der Waals surface area contributed by atoms with E-state index in [0.717, 1.165) is 19.3 Å². The van der Waals surface area contributed by atoms with Crippen LogP contribution in [0.4, 0.5) is 0 Å². The van der Waals surface area contributed by atoms with Crippen LogP contribution in [0, 0.1) is 23.7 Å². The lowest BCUT2D eigenvalue weighted by Gasteiger charge is -2.60. The highest BCUT2D eigenvalue weighted by Gasteiger charge is 2.69. The number of fused-ring (bicyclic) bond motifs is 2. The van der Waals surface area contributed by atoms with Crippen LogP contribution in [-0.2, 0) is 24.0 Å². The molecule has 5 aliphatic rings. The molecule has 5 nitrogen and oxygen atoms in total. The van der Waals surface area contributed by atoms with Gasteiger partial charge in [0.05, 0.1) is 0 Å². The van der Waals surface area contributed by atoms with Gasteiger partial charge in [-0.1, -0.05) is 13.8 Å². The predicted octanol–water partition coefficient (Wildman–Crippen LogP) is 3.23. The minimum Gasteiger partial charge on any atom is -0.353 e. The first kappa shape index (κ1) is 15.3. The van der Waals surface area contributed by atoms with Crippen LogP contribution >= 0.6 is 0 Å². The lowest BCUT2D eigenvalue weighted by atomic mass is 9.58. The van der Waals surface area contributed by atoms with Crippen molar-refractivity contribution in [3.8, 4) is 0 Å². The maximum atomic E-state index is 6.25. The van der Waals surface area contributed by atoms with Crippen molar-refractivity contribution in [2.24, 2.45) is 23.7 Å². The number of hydrogen-bond donors (Lipinski definition) is 0. The van der Waals surface area contributed by atoms with Crippen molar-refractivity contribution < 1.29 is 24.0 Å². The third-order valence-electron chi connectivity index (χ3n) is 6.43. The zero-order chi connectivity index (χ0) is 15.5. The Hall–Kier alpha value is -0.200. The lowest BCUT2D eigenvalue weighted by molar-refractivity contribution is -0.577. The molecule has 1 aliphatic carbocycles. The summed E-state index contributed by atoms with van der Waals surface area (Å²) in [6.07, 6.45) is 3.66. The van der Waals surface area contributed by atoms with Crippen LogP contribution in [0.25, 0.3) is 0 Å². The fraction of sp³-hybridized carbons (Fsp3) is 1.00. The fourth-order valence-electron chi connectivity index (χ4n) is 5.23. The van der Waals surface area contributed by atoms with Crippen molar-refractivity contribution in [3.05, 3.63) is 0 Å². The van der Waals surface area contributed by atoms with Gasteiger partial charge in [0.25, 0.3) is 0 Å². The molecule has 126 valence electrons. The van der Waals surface area contributed by atoms with Crippen molar-refractivity contribution in [1.29, 1.82) is 0 Å². The summed E-state index contributed by atoms with van der Waals surface area (Å²) < 4.78 is 18.3. The van der Waals surface area contributed by atoms with Gasteiger partial charge in [0, 0.05) is 24.9 Å². The Morgan fingerprint density at radius 2 is 1.91 bits per heavy atom. The van der Waals surface area contributed by atoms with Gasteiger partial charge in [-0.3, -0.25) is 0 Å². The van der Waals surface area contributed by atoms with Crippen molar-refractivity contribution in [2.45, 2.75) is 77.3 Å². The van der Waals surface area contributed by atoms with E-state index in [1.54, 1.807) is 0 Å². The summed E-state index contributed by atoms with van der Waals surface area (Å²) in [5, 5.41) is 0. The molecule has 0 aromatic heterocycles. The van der Waals surface area contributed by atoms with Gasteiger partial charge in [-0.05, 0) is 44.9 Å². The summed E-state index contributed by atoms with van der Waals surface area (Å²) in [7, 11) is 0. The van der Waals surface area contributed by atoms with Crippen LogP contribution in [0.15, 0.2) is 0 Å². The van der Waals surface area contributed by atoms with E-state index in [1.165, 1.54) is 6.42 Å². The fourth-order valence-corrected chi connectivity index (χ4v) is 5.23. The normalized spacial score (nSPS) is 57.3. The van der Waals surface area contributed by atoms with Crippen molar-refractivity contribution in [1.82, 2.24) is 0 Å². The Morgan fingerprint density at radius 1 is 1.09 bits per heavy atom. The Labute approximate surface area is 132 Å². The molecule has 4 heterocycles. The van der Waals surface area contributed by atoms with Gasteiger partial charge in [0.1, 0.15) is 0 Å². The van der Waals surface area contributed by atoms with E-state index < -0.39 is 11.4 Å². The Kier molecular flexibility index (Phi) is 3.59. The molecule has 5 rings (SSSR count). The van der Waals surface area contributed by atoms with Crippen molar-refractivity contribution in [3.63, 3.8) is 0 Å². The smallest absolute Gasteiger partial charge is 0.201 e. The second-order valence-corrected chi connectivity index (χ2v) is 7.73. The molecule has 1 saturated carbocycles. The second kappa shape index (κ2) is 5.15. The largest absolute Gasteiger partial charge is 0.353 e. The zero-order valence-electron chi connectivity index (χ0n) is 14.0. The van der Waals surface area contributed by atoms with Crippen LogP contribution < -0.4 is 0 Å². The van der Waals surface area contributed by atoms with E-state index in [1.807, 2.05) is 13.8 Å². The van der Waals surface area contributed by atoms with E-state index in [4.69, 9.17) is 24.0 Å². The molecule has 2 bridgehead atoms. The average Bonchev–Trinajstić information content (AvgIpc) is 2.71. The molecule has 5 fully saturated rings. The molecule has 0 aromatic carbocycles. The SMILES string of the molecule is CCO[C@H]1O[C@@H]2OC3(C)CC[C@H]4[C@H](C)CC[C@@H]([C@H]1C)C24OO3. The van der Waals surface area contributed by atoms with Gasteiger partial charge in [0.2, 0.25) is 5.79 Å². The lowest BCUT2D eigenvalue weighted by Crippen LogP contribution is -2.70. The predicted molar refractivity (Wildman–Crippen MR) is 78.5 cm³/mol. The molecule has 0 radical (unpaired) electrons. The molecule has 0 amide bonds. The minimum atomic E-state index is -0.700. The van der Waals surface area contributed by atoms with Gasteiger partial charge >= 0.3 is 0 Å². The van der Waals surface area contributed by atoms with Gasteiger partial charge in [-0.25, -0.2) is 9.78 Å². The minimum absolute atomic E-state index is 0.216. The van der Waals surface area contributed by atoms with Gasteiger partial charge < -0.3 is 14.2 Å². The summed E-state index contributed by atoms with van der Waals surface area (Å²) in [6, 6.07) is 0. The maximum Gasteiger partial charge on any atom is 0.201 e. The number of ether oxygens (including phenoxy) is 3. The van der Waals surface area contributed by atoms with Crippen LogP contribution in [0.2, 0.25) is 0 Å². The second-order valence-electron chi connectivity index (χ2n) is 7.73. The van der Waals surface area contributed by atoms with Crippen LogP contribution in [0.3, 0.4) is 0 Å². The maximum absolute atomic E-state index is 6.25. The van der Waals surface area contributed by atoms with E-state index in [9.17, 15) is 0 Å². The van der Waals surface area contributed by atoms with Crippen LogP contribution in [0.5, 0.6) is 0 Å². The van der Waals surface area contributed by atoms with Crippen LogP contribution in [0.1, 0.15) is 53.4 Å². The third-order valence-corrected chi connectivity index (χ3v) is 6.43. The van der Waals surface area contributed by atoms with Gasteiger partial charge in [-0.15, -0.1) is 0 Å². The standard InChI is InChI=1S/C17H28O5/c1-5-18-14-11(3)13-7-6-10(2)12-8-9-16(4)20-15(19-14)17(12,13)22-21-16/h10-15H,5-9H2,1-4H3/t10-,11-,12+,13+,14+,15-,16?,17?/m1/s1. The quantitative estimate of drug-likeness (QED) is 0.733. The van der Waals surface area contributed by atoms with Crippen LogP contribution in [-0.4, -0.2) is 30.6 Å².